The minimum Gasteiger partial charge on any atom is -0.358 e. The highest BCUT2D eigenvalue weighted by Gasteiger charge is 2.20. The van der Waals surface area contributed by atoms with Gasteiger partial charge in [-0.2, -0.15) is 0 Å². The van der Waals surface area contributed by atoms with Crippen molar-refractivity contribution in [1.29, 1.82) is 0 Å². The predicted octanol–water partition coefficient (Wildman–Crippen LogP) is -0.0892. The number of nitrogens with zero attached hydrogens (tertiary/aromatic N) is 3. The Hall–Kier alpha value is -1.69. The number of hydrogen-bond acceptors (Lipinski definition) is 5. The Balaban J connectivity index is 1.87. The summed E-state index contributed by atoms with van der Waals surface area (Å²) in [6.45, 7) is 1.07. The first-order chi connectivity index (χ1) is 8.69. The number of likely N-dealkylation sites (N-methyl/N-ethyl adjacent to an activating group) is 2. The van der Waals surface area contributed by atoms with Crippen molar-refractivity contribution in [1.82, 2.24) is 20.6 Å². The van der Waals surface area contributed by atoms with Crippen molar-refractivity contribution in [3.8, 4) is 0 Å². The lowest BCUT2D eigenvalue weighted by molar-refractivity contribution is -0.119. The lowest BCUT2D eigenvalue weighted by Crippen LogP contribution is -2.33. The van der Waals surface area contributed by atoms with E-state index >= 15 is 0 Å². The number of hydrogen-bond donors (Lipinski definition) is 2. The quantitative estimate of drug-likeness (QED) is 0.737. The molecule has 1 aromatic heterocycles. The minimum absolute atomic E-state index is 0.0550. The van der Waals surface area contributed by atoms with Gasteiger partial charge in [0.25, 0.3) is 0 Å². The van der Waals surface area contributed by atoms with E-state index < -0.39 is 0 Å². The van der Waals surface area contributed by atoms with E-state index in [9.17, 15) is 4.79 Å². The van der Waals surface area contributed by atoms with Gasteiger partial charge in [-0.15, -0.1) is 0 Å². The van der Waals surface area contributed by atoms with Gasteiger partial charge >= 0.3 is 0 Å². The molecule has 1 aromatic rings. The summed E-state index contributed by atoms with van der Waals surface area (Å²) in [5.41, 5.74) is 1.07. The monoisotopic (exact) mass is 249 g/mol. The zero-order chi connectivity index (χ0) is 13.0. The van der Waals surface area contributed by atoms with Gasteiger partial charge in [0.15, 0.2) is 0 Å². The van der Waals surface area contributed by atoms with Crippen molar-refractivity contribution in [2.75, 3.05) is 25.5 Å². The van der Waals surface area contributed by atoms with Crippen LogP contribution >= 0.6 is 0 Å². The molecule has 0 atom stereocenters. The van der Waals surface area contributed by atoms with E-state index in [1.807, 2.05) is 0 Å². The normalized spacial score (nSPS) is 14.3. The molecule has 0 unspecified atom stereocenters. The van der Waals surface area contributed by atoms with Gasteiger partial charge in [0.05, 0.1) is 6.54 Å². The maximum atomic E-state index is 11.2. The van der Waals surface area contributed by atoms with E-state index in [1.165, 1.54) is 12.8 Å². The standard InChI is InChI=1S/C12H19N5O/c1-13-11(18)8-17(2)12-15-6-9(7-16-12)5-14-10-3-4-10/h6-7,10,14H,3-5,8H2,1-2H3,(H,13,18). The Morgan fingerprint density at radius 2 is 2.11 bits per heavy atom. The number of rotatable bonds is 6. The van der Waals surface area contributed by atoms with Gasteiger partial charge in [-0.1, -0.05) is 0 Å². The third kappa shape index (κ3) is 3.66. The van der Waals surface area contributed by atoms with Gasteiger partial charge in [-0.05, 0) is 12.8 Å². The summed E-state index contributed by atoms with van der Waals surface area (Å²) in [4.78, 5) is 21.5. The van der Waals surface area contributed by atoms with E-state index in [0.29, 0.717) is 12.0 Å². The first-order valence-electron chi connectivity index (χ1n) is 6.15. The van der Waals surface area contributed by atoms with Crippen molar-refractivity contribution in [3.05, 3.63) is 18.0 Å². The summed E-state index contributed by atoms with van der Waals surface area (Å²) in [6.07, 6.45) is 6.15. The van der Waals surface area contributed by atoms with Crippen LogP contribution in [-0.2, 0) is 11.3 Å². The summed E-state index contributed by atoms with van der Waals surface area (Å²) >= 11 is 0. The van der Waals surface area contributed by atoms with Crippen LogP contribution in [0.25, 0.3) is 0 Å². The van der Waals surface area contributed by atoms with Crippen LogP contribution in [0.3, 0.4) is 0 Å². The zero-order valence-electron chi connectivity index (χ0n) is 10.8. The van der Waals surface area contributed by atoms with E-state index in [-0.39, 0.29) is 12.5 Å². The van der Waals surface area contributed by atoms with Crippen molar-refractivity contribution in [2.45, 2.75) is 25.4 Å². The molecule has 0 saturated heterocycles. The lowest BCUT2D eigenvalue weighted by Gasteiger charge is -2.15. The first kappa shape index (κ1) is 12.8. The van der Waals surface area contributed by atoms with Gasteiger partial charge in [0.1, 0.15) is 0 Å². The topological polar surface area (TPSA) is 70.2 Å². The highest BCUT2D eigenvalue weighted by Crippen LogP contribution is 2.19. The fourth-order valence-corrected chi connectivity index (χ4v) is 1.55. The number of anilines is 1. The van der Waals surface area contributed by atoms with Crippen LogP contribution < -0.4 is 15.5 Å². The maximum Gasteiger partial charge on any atom is 0.239 e. The van der Waals surface area contributed by atoms with Crippen molar-refractivity contribution < 1.29 is 4.79 Å². The molecule has 1 fully saturated rings. The highest BCUT2D eigenvalue weighted by molar-refractivity contribution is 5.80. The molecule has 0 aliphatic heterocycles. The molecule has 98 valence electrons. The Morgan fingerprint density at radius 1 is 1.44 bits per heavy atom. The molecule has 0 spiro atoms. The largest absolute Gasteiger partial charge is 0.358 e. The summed E-state index contributed by atoms with van der Waals surface area (Å²) in [5, 5.41) is 5.98. The number of amides is 1. The number of carbonyl (C=O) groups excluding carboxylic acids is 1. The average molecular weight is 249 g/mol. The fraction of sp³-hybridized carbons (Fsp3) is 0.583. The molecule has 0 aromatic carbocycles. The van der Waals surface area contributed by atoms with Crippen LogP contribution in [0.1, 0.15) is 18.4 Å². The van der Waals surface area contributed by atoms with E-state index in [2.05, 4.69) is 20.6 Å². The second-order valence-electron chi connectivity index (χ2n) is 4.58. The first-order valence-corrected chi connectivity index (χ1v) is 6.15. The van der Waals surface area contributed by atoms with Crippen LogP contribution in [0.5, 0.6) is 0 Å². The second kappa shape index (κ2) is 5.77. The predicted molar refractivity (Wildman–Crippen MR) is 69.2 cm³/mol. The molecule has 1 aliphatic rings. The van der Waals surface area contributed by atoms with Crippen molar-refractivity contribution in [3.63, 3.8) is 0 Å². The smallest absolute Gasteiger partial charge is 0.239 e. The van der Waals surface area contributed by atoms with Gasteiger partial charge in [-0.3, -0.25) is 4.79 Å². The number of aromatic nitrogens is 2. The molecule has 2 rings (SSSR count). The summed E-state index contributed by atoms with van der Waals surface area (Å²) < 4.78 is 0. The Morgan fingerprint density at radius 3 is 2.67 bits per heavy atom. The average Bonchev–Trinajstić information content (AvgIpc) is 3.20. The summed E-state index contributed by atoms with van der Waals surface area (Å²) in [7, 11) is 3.41. The van der Waals surface area contributed by atoms with Crippen LogP contribution in [0.2, 0.25) is 0 Å². The van der Waals surface area contributed by atoms with Crippen LogP contribution in [0.4, 0.5) is 5.95 Å². The van der Waals surface area contributed by atoms with Crippen molar-refractivity contribution in [2.24, 2.45) is 0 Å². The fourth-order valence-electron chi connectivity index (χ4n) is 1.55. The molecule has 1 saturated carbocycles. The van der Waals surface area contributed by atoms with E-state index in [1.54, 1.807) is 31.4 Å². The number of carbonyl (C=O) groups is 1. The molecule has 1 heterocycles. The molecule has 2 N–H and O–H groups in total. The van der Waals surface area contributed by atoms with E-state index in [0.717, 1.165) is 12.1 Å². The lowest BCUT2D eigenvalue weighted by atomic mass is 10.3. The molecule has 1 aliphatic carbocycles. The van der Waals surface area contributed by atoms with Gasteiger partial charge in [0.2, 0.25) is 11.9 Å². The van der Waals surface area contributed by atoms with Gasteiger partial charge < -0.3 is 15.5 Å². The molecule has 0 radical (unpaired) electrons. The molecule has 6 heteroatoms. The SMILES string of the molecule is CNC(=O)CN(C)c1ncc(CNC2CC2)cn1. The summed E-state index contributed by atoms with van der Waals surface area (Å²) in [6, 6.07) is 0.681. The molecule has 18 heavy (non-hydrogen) atoms. The Labute approximate surface area is 107 Å². The van der Waals surface area contributed by atoms with Crippen LogP contribution in [0.15, 0.2) is 12.4 Å². The molecular weight excluding hydrogens is 230 g/mol. The highest BCUT2D eigenvalue weighted by atomic mass is 16.1. The Kier molecular flexibility index (Phi) is 4.09. The zero-order valence-corrected chi connectivity index (χ0v) is 10.8. The molecule has 6 nitrogen and oxygen atoms in total. The van der Waals surface area contributed by atoms with Crippen LogP contribution in [0, 0.1) is 0 Å². The minimum atomic E-state index is -0.0550. The van der Waals surface area contributed by atoms with Gasteiger partial charge in [-0.25, -0.2) is 9.97 Å². The third-order valence-corrected chi connectivity index (χ3v) is 2.86. The third-order valence-electron chi connectivity index (χ3n) is 2.86. The van der Waals surface area contributed by atoms with Crippen molar-refractivity contribution >= 4 is 11.9 Å². The molecular formula is C12H19N5O. The van der Waals surface area contributed by atoms with E-state index in [4.69, 9.17) is 0 Å². The molecule has 0 bridgehead atoms. The Bertz CT molecular complexity index is 401. The van der Waals surface area contributed by atoms with Crippen LogP contribution in [-0.4, -0.2) is 42.6 Å². The second-order valence-corrected chi connectivity index (χ2v) is 4.58. The molecule has 1 amide bonds. The van der Waals surface area contributed by atoms with Gasteiger partial charge in [0, 0.05) is 44.6 Å². The summed E-state index contributed by atoms with van der Waals surface area (Å²) in [5.74, 6) is 0.509. The maximum absolute atomic E-state index is 11.2. The number of nitrogens with one attached hydrogen (secondary N) is 2.